The van der Waals surface area contributed by atoms with E-state index in [0.29, 0.717) is 5.02 Å². The summed E-state index contributed by atoms with van der Waals surface area (Å²) in [5.74, 6) is -0.424. The van der Waals surface area contributed by atoms with Gasteiger partial charge in [-0.3, -0.25) is 4.79 Å². The molecule has 4 heteroatoms. The van der Waals surface area contributed by atoms with E-state index >= 15 is 0 Å². The molecule has 0 aliphatic heterocycles. The van der Waals surface area contributed by atoms with Crippen molar-refractivity contribution in [1.29, 1.82) is 0 Å². The first-order valence-electron chi connectivity index (χ1n) is 4.99. The Labute approximate surface area is 110 Å². The highest BCUT2D eigenvalue weighted by Crippen LogP contribution is 2.65. The van der Waals surface area contributed by atoms with E-state index < -0.39 is 4.33 Å². The van der Waals surface area contributed by atoms with Gasteiger partial charge in [-0.25, -0.2) is 0 Å². The molecule has 2 atom stereocenters. The van der Waals surface area contributed by atoms with Crippen LogP contribution in [0.4, 0.5) is 0 Å². The van der Waals surface area contributed by atoms with Crippen LogP contribution in [0.3, 0.4) is 0 Å². The average molecular weight is 278 g/mol. The van der Waals surface area contributed by atoms with Gasteiger partial charge in [-0.05, 0) is 37.1 Å². The molecule has 86 valence electrons. The number of carbonyl (C=O) groups is 1. The minimum atomic E-state index is -0.969. The third kappa shape index (κ3) is 1.97. The zero-order valence-electron chi connectivity index (χ0n) is 8.93. The maximum Gasteiger partial charge on any atom is 0.136 e. The van der Waals surface area contributed by atoms with E-state index in [0.717, 1.165) is 11.1 Å². The lowest BCUT2D eigenvalue weighted by molar-refractivity contribution is -0.118. The van der Waals surface area contributed by atoms with Crippen molar-refractivity contribution in [2.75, 3.05) is 0 Å². The molecule has 1 aliphatic rings. The number of hydrogen-bond acceptors (Lipinski definition) is 1. The van der Waals surface area contributed by atoms with Gasteiger partial charge in [-0.1, -0.05) is 17.7 Å². The second-order valence-corrected chi connectivity index (χ2v) is 6.18. The van der Waals surface area contributed by atoms with E-state index in [1.54, 1.807) is 0 Å². The van der Waals surface area contributed by atoms with Gasteiger partial charge in [0.05, 0.1) is 5.92 Å². The fraction of sp³-hybridized carbons (Fsp3) is 0.417. The Morgan fingerprint density at radius 2 is 1.94 bits per heavy atom. The first-order chi connectivity index (χ1) is 7.34. The summed E-state index contributed by atoms with van der Waals surface area (Å²) in [5.41, 5.74) is 1.98. The Morgan fingerprint density at radius 3 is 2.38 bits per heavy atom. The van der Waals surface area contributed by atoms with Crippen LogP contribution >= 0.6 is 34.8 Å². The number of halogens is 3. The van der Waals surface area contributed by atoms with Crippen LogP contribution in [0.15, 0.2) is 18.2 Å². The van der Waals surface area contributed by atoms with Crippen molar-refractivity contribution < 1.29 is 4.79 Å². The van der Waals surface area contributed by atoms with Crippen LogP contribution in [0.25, 0.3) is 0 Å². The average Bonchev–Trinajstić information content (AvgIpc) is 2.67. The summed E-state index contributed by atoms with van der Waals surface area (Å²) in [7, 11) is 0. The number of alkyl halides is 2. The van der Waals surface area contributed by atoms with Crippen LogP contribution in [-0.2, 0) is 4.79 Å². The predicted octanol–water partition coefficient (Wildman–Crippen LogP) is 4.12. The Hall–Kier alpha value is -0.240. The molecule has 0 saturated heterocycles. The Morgan fingerprint density at radius 1 is 1.31 bits per heavy atom. The van der Waals surface area contributed by atoms with Crippen LogP contribution in [0.5, 0.6) is 0 Å². The van der Waals surface area contributed by atoms with Gasteiger partial charge in [0.15, 0.2) is 0 Å². The first-order valence-corrected chi connectivity index (χ1v) is 6.13. The summed E-state index contributed by atoms with van der Waals surface area (Å²) in [6.45, 7) is 3.46. The molecule has 16 heavy (non-hydrogen) atoms. The molecule has 0 bridgehead atoms. The summed E-state index contributed by atoms with van der Waals surface area (Å²) in [6, 6.07) is 5.65. The first kappa shape index (κ1) is 12.2. The van der Waals surface area contributed by atoms with Gasteiger partial charge in [0.2, 0.25) is 0 Å². The summed E-state index contributed by atoms with van der Waals surface area (Å²) in [6.07, 6.45) is 0. The molecule has 1 aromatic rings. The molecule has 1 nitrogen and oxygen atoms in total. The van der Waals surface area contributed by atoms with Crippen molar-refractivity contribution in [3.05, 3.63) is 34.3 Å². The quantitative estimate of drug-likeness (QED) is 0.743. The Balaban J connectivity index is 2.37. The van der Waals surface area contributed by atoms with Crippen molar-refractivity contribution in [3.63, 3.8) is 0 Å². The summed E-state index contributed by atoms with van der Waals surface area (Å²) in [4.78, 5) is 11.4. The standard InChI is InChI=1S/C12H11Cl3O/c1-6-3-8(5-9(13)4-6)11-10(7(2)16)12(11,14)15/h3-5,10-11H,1-2H3. The molecule has 1 fully saturated rings. The molecule has 0 radical (unpaired) electrons. The number of rotatable bonds is 2. The zero-order valence-corrected chi connectivity index (χ0v) is 11.2. The maximum absolute atomic E-state index is 11.4. The largest absolute Gasteiger partial charge is 0.300 e. The summed E-state index contributed by atoms with van der Waals surface area (Å²) >= 11 is 18.2. The molecule has 1 aromatic carbocycles. The van der Waals surface area contributed by atoms with Gasteiger partial charge in [0, 0.05) is 10.9 Å². The lowest BCUT2D eigenvalue weighted by Gasteiger charge is -2.03. The molecule has 1 saturated carbocycles. The van der Waals surface area contributed by atoms with Crippen LogP contribution in [0.2, 0.25) is 5.02 Å². The number of aryl methyl sites for hydroxylation is 1. The summed E-state index contributed by atoms with van der Waals surface area (Å²) < 4.78 is -0.969. The molecular weight excluding hydrogens is 266 g/mol. The number of hydrogen-bond donors (Lipinski definition) is 0. The van der Waals surface area contributed by atoms with Crippen molar-refractivity contribution in [2.45, 2.75) is 24.1 Å². The van der Waals surface area contributed by atoms with Gasteiger partial charge in [-0.2, -0.15) is 0 Å². The normalized spacial score (nSPS) is 26.6. The minimum absolute atomic E-state index is 0.0210. The van der Waals surface area contributed by atoms with Crippen molar-refractivity contribution in [2.24, 2.45) is 5.92 Å². The highest BCUT2D eigenvalue weighted by atomic mass is 35.5. The highest BCUT2D eigenvalue weighted by molar-refractivity contribution is 6.53. The Bertz CT molecular complexity index is 433. The fourth-order valence-electron chi connectivity index (χ4n) is 2.19. The van der Waals surface area contributed by atoms with Gasteiger partial charge in [-0.15, -0.1) is 23.2 Å². The van der Waals surface area contributed by atoms with Gasteiger partial charge < -0.3 is 0 Å². The van der Waals surface area contributed by atoms with Gasteiger partial charge in [0.25, 0.3) is 0 Å². The molecule has 0 N–H and O–H groups in total. The van der Waals surface area contributed by atoms with Crippen molar-refractivity contribution >= 4 is 40.6 Å². The third-order valence-electron chi connectivity index (χ3n) is 2.92. The van der Waals surface area contributed by atoms with E-state index in [1.807, 2.05) is 25.1 Å². The van der Waals surface area contributed by atoms with Gasteiger partial charge in [0.1, 0.15) is 10.1 Å². The predicted molar refractivity (Wildman–Crippen MR) is 67.5 cm³/mol. The molecule has 2 rings (SSSR count). The number of benzene rings is 1. The Kier molecular flexibility index (Phi) is 2.98. The van der Waals surface area contributed by atoms with E-state index in [2.05, 4.69) is 0 Å². The second-order valence-electron chi connectivity index (χ2n) is 4.30. The van der Waals surface area contributed by atoms with E-state index in [9.17, 15) is 4.79 Å². The molecule has 0 amide bonds. The highest BCUT2D eigenvalue weighted by Gasteiger charge is 2.66. The molecule has 0 aromatic heterocycles. The number of ketones is 1. The lowest BCUT2D eigenvalue weighted by Crippen LogP contribution is -1.99. The van der Waals surface area contributed by atoms with E-state index in [4.69, 9.17) is 34.8 Å². The smallest absolute Gasteiger partial charge is 0.136 e. The van der Waals surface area contributed by atoms with Crippen LogP contribution in [0, 0.1) is 12.8 Å². The molecule has 1 aliphatic carbocycles. The minimum Gasteiger partial charge on any atom is -0.300 e. The van der Waals surface area contributed by atoms with Crippen molar-refractivity contribution in [1.82, 2.24) is 0 Å². The lowest BCUT2D eigenvalue weighted by atomic mass is 10.1. The molecular formula is C12H11Cl3O. The van der Waals surface area contributed by atoms with Crippen LogP contribution in [0.1, 0.15) is 24.0 Å². The second kappa shape index (κ2) is 3.90. The third-order valence-corrected chi connectivity index (χ3v) is 4.07. The maximum atomic E-state index is 11.4. The van der Waals surface area contributed by atoms with E-state index in [1.165, 1.54) is 6.92 Å². The topological polar surface area (TPSA) is 17.1 Å². The molecule has 2 unspecified atom stereocenters. The molecule has 0 spiro atoms. The molecule has 0 heterocycles. The van der Waals surface area contributed by atoms with Crippen LogP contribution < -0.4 is 0 Å². The van der Waals surface area contributed by atoms with E-state index in [-0.39, 0.29) is 17.6 Å². The fourth-order valence-corrected chi connectivity index (χ4v) is 3.43. The monoisotopic (exact) mass is 276 g/mol. The summed E-state index contributed by atoms with van der Waals surface area (Å²) in [5, 5.41) is 0.647. The van der Waals surface area contributed by atoms with Crippen molar-refractivity contribution in [3.8, 4) is 0 Å². The zero-order chi connectivity index (χ0) is 12.1. The number of carbonyl (C=O) groups excluding carboxylic acids is 1. The van der Waals surface area contributed by atoms with Gasteiger partial charge >= 0.3 is 0 Å². The SMILES string of the molecule is CC(=O)C1C(c2cc(C)cc(Cl)c2)C1(Cl)Cl. The number of Topliss-reactive ketones (excluding diaryl/α,β-unsaturated/α-hetero) is 1. The van der Waals surface area contributed by atoms with Crippen LogP contribution in [-0.4, -0.2) is 10.1 Å².